The van der Waals surface area contributed by atoms with E-state index in [2.05, 4.69) is 22.0 Å². The maximum Gasteiger partial charge on any atom is 0.179 e. The lowest BCUT2D eigenvalue weighted by Crippen LogP contribution is -2.36. The number of likely N-dealkylation sites (tertiary alicyclic amines) is 1. The third-order valence-electron chi connectivity index (χ3n) is 3.98. The molecule has 0 spiro atoms. The Morgan fingerprint density at radius 1 is 1.42 bits per heavy atom. The van der Waals surface area contributed by atoms with Crippen LogP contribution >= 0.6 is 11.6 Å². The molecule has 2 aromatic heterocycles. The third kappa shape index (κ3) is 2.60. The first kappa shape index (κ1) is 12.9. The van der Waals surface area contributed by atoms with Crippen LogP contribution in [0.4, 0.5) is 0 Å². The van der Waals surface area contributed by atoms with Gasteiger partial charge >= 0.3 is 0 Å². The number of aromatic nitrogens is 3. The van der Waals surface area contributed by atoms with E-state index >= 15 is 0 Å². The minimum absolute atomic E-state index is 0.667. The zero-order valence-electron chi connectivity index (χ0n) is 11.2. The molecule has 3 heterocycles. The van der Waals surface area contributed by atoms with E-state index in [1.807, 2.05) is 22.7 Å². The Labute approximate surface area is 118 Å². The summed E-state index contributed by atoms with van der Waals surface area (Å²) >= 11 is 6.13. The summed E-state index contributed by atoms with van der Waals surface area (Å²) in [5.74, 6) is 1.71. The molecule has 1 unspecified atom stereocenters. The number of fused-ring (bicyclic) bond motifs is 1. The monoisotopic (exact) mass is 278 g/mol. The highest BCUT2D eigenvalue weighted by molar-refractivity contribution is 6.33. The van der Waals surface area contributed by atoms with Crippen LogP contribution in [0, 0.1) is 5.92 Å². The molecule has 1 aliphatic heterocycles. The first-order valence-electron chi connectivity index (χ1n) is 6.98. The molecule has 1 saturated heterocycles. The van der Waals surface area contributed by atoms with Gasteiger partial charge in [0.25, 0.3) is 0 Å². The molecule has 0 bridgehead atoms. The summed E-state index contributed by atoms with van der Waals surface area (Å²) < 4.78 is 2.02. The van der Waals surface area contributed by atoms with Crippen LogP contribution in [0.25, 0.3) is 5.65 Å². The van der Waals surface area contributed by atoms with Gasteiger partial charge in [-0.2, -0.15) is 0 Å². The van der Waals surface area contributed by atoms with Gasteiger partial charge in [0, 0.05) is 19.2 Å². The van der Waals surface area contributed by atoms with Crippen molar-refractivity contribution in [2.45, 2.75) is 26.2 Å². The standard InChI is InChI=1S/C14H19ClN4/c1-2-18-7-3-5-11(10-18)9-13-16-17-14-12(15)6-4-8-19(13)14/h4,6,8,11H,2-3,5,7,9-10H2,1H3. The molecule has 102 valence electrons. The van der Waals surface area contributed by atoms with Crippen LogP contribution in [0.15, 0.2) is 18.3 Å². The molecule has 0 N–H and O–H groups in total. The predicted molar refractivity (Wildman–Crippen MR) is 76.5 cm³/mol. The maximum atomic E-state index is 6.13. The van der Waals surface area contributed by atoms with Crippen molar-refractivity contribution < 1.29 is 0 Å². The summed E-state index contributed by atoms with van der Waals surface area (Å²) in [6, 6.07) is 3.80. The van der Waals surface area contributed by atoms with E-state index in [-0.39, 0.29) is 0 Å². The van der Waals surface area contributed by atoms with Crippen molar-refractivity contribution in [3.8, 4) is 0 Å². The van der Waals surface area contributed by atoms with Crippen molar-refractivity contribution in [3.63, 3.8) is 0 Å². The van der Waals surface area contributed by atoms with Gasteiger partial charge in [-0.25, -0.2) is 0 Å². The molecule has 0 aromatic carbocycles. The Hall–Kier alpha value is -1.13. The first-order chi connectivity index (χ1) is 9.28. The SMILES string of the molecule is CCN1CCCC(Cc2nnc3c(Cl)cccn23)C1. The average Bonchev–Trinajstić information content (AvgIpc) is 2.84. The average molecular weight is 279 g/mol. The van der Waals surface area contributed by atoms with Gasteiger partial charge in [-0.05, 0) is 44.0 Å². The van der Waals surface area contributed by atoms with Gasteiger partial charge in [0.15, 0.2) is 5.65 Å². The fourth-order valence-electron chi connectivity index (χ4n) is 2.93. The molecule has 1 fully saturated rings. The number of halogens is 1. The fourth-order valence-corrected chi connectivity index (χ4v) is 3.14. The van der Waals surface area contributed by atoms with Crippen molar-refractivity contribution in [1.82, 2.24) is 19.5 Å². The molecule has 19 heavy (non-hydrogen) atoms. The van der Waals surface area contributed by atoms with E-state index in [0.29, 0.717) is 10.9 Å². The van der Waals surface area contributed by atoms with E-state index in [1.54, 1.807) is 0 Å². The lowest BCUT2D eigenvalue weighted by Gasteiger charge is -2.31. The van der Waals surface area contributed by atoms with E-state index in [0.717, 1.165) is 24.4 Å². The van der Waals surface area contributed by atoms with Crippen LogP contribution in [0.3, 0.4) is 0 Å². The van der Waals surface area contributed by atoms with Crippen LogP contribution < -0.4 is 0 Å². The Balaban J connectivity index is 1.80. The molecule has 2 aromatic rings. The summed E-state index contributed by atoms with van der Waals surface area (Å²) in [5.41, 5.74) is 0.766. The minimum Gasteiger partial charge on any atom is -0.303 e. The van der Waals surface area contributed by atoms with Crippen LogP contribution in [-0.2, 0) is 6.42 Å². The van der Waals surface area contributed by atoms with Crippen LogP contribution in [0.2, 0.25) is 5.02 Å². The quantitative estimate of drug-likeness (QED) is 0.865. The Morgan fingerprint density at radius 3 is 3.16 bits per heavy atom. The van der Waals surface area contributed by atoms with Crippen molar-refractivity contribution in [2.75, 3.05) is 19.6 Å². The summed E-state index contributed by atoms with van der Waals surface area (Å²) in [5, 5.41) is 9.17. The first-order valence-corrected chi connectivity index (χ1v) is 7.36. The molecule has 1 aliphatic rings. The lowest BCUT2D eigenvalue weighted by molar-refractivity contribution is 0.180. The van der Waals surface area contributed by atoms with Crippen molar-refractivity contribution >= 4 is 17.2 Å². The Bertz CT molecular complexity index is 566. The fraction of sp³-hybridized carbons (Fsp3) is 0.571. The smallest absolute Gasteiger partial charge is 0.179 e. The van der Waals surface area contributed by atoms with Gasteiger partial charge < -0.3 is 4.90 Å². The molecule has 0 aliphatic carbocycles. The molecule has 5 heteroatoms. The van der Waals surface area contributed by atoms with Gasteiger partial charge in [-0.3, -0.25) is 4.40 Å². The minimum atomic E-state index is 0.667. The highest BCUT2D eigenvalue weighted by Crippen LogP contribution is 2.22. The van der Waals surface area contributed by atoms with Crippen molar-refractivity contribution in [3.05, 3.63) is 29.2 Å². The molecule has 0 radical (unpaired) electrons. The van der Waals surface area contributed by atoms with Gasteiger partial charge in [-0.15, -0.1) is 10.2 Å². The van der Waals surface area contributed by atoms with Crippen molar-refractivity contribution in [1.29, 1.82) is 0 Å². The number of hydrogen-bond acceptors (Lipinski definition) is 3. The molecular formula is C14H19ClN4. The van der Waals surface area contributed by atoms with E-state index < -0.39 is 0 Å². The maximum absolute atomic E-state index is 6.13. The number of pyridine rings is 1. The van der Waals surface area contributed by atoms with Gasteiger partial charge in [0.2, 0.25) is 0 Å². The molecular weight excluding hydrogens is 260 g/mol. The number of piperidine rings is 1. The molecule has 3 rings (SSSR count). The summed E-state index contributed by atoms with van der Waals surface area (Å²) in [4.78, 5) is 2.52. The Kier molecular flexibility index (Phi) is 3.71. The third-order valence-corrected chi connectivity index (χ3v) is 4.27. The Morgan fingerprint density at radius 2 is 2.32 bits per heavy atom. The van der Waals surface area contributed by atoms with Crippen LogP contribution in [0.5, 0.6) is 0 Å². The second-order valence-electron chi connectivity index (χ2n) is 5.27. The lowest BCUT2D eigenvalue weighted by atomic mass is 9.94. The van der Waals surface area contributed by atoms with Crippen molar-refractivity contribution in [2.24, 2.45) is 5.92 Å². The molecule has 4 nitrogen and oxygen atoms in total. The van der Waals surface area contributed by atoms with Crippen LogP contribution in [0.1, 0.15) is 25.6 Å². The van der Waals surface area contributed by atoms with Gasteiger partial charge in [-0.1, -0.05) is 18.5 Å². The topological polar surface area (TPSA) is 33.4 Å². The highest BCUT2D eigenvalue weighted by atomic mass is 35.5. The second-order valence-corrected chi connectivity index (χ2v) is 5.68. The molecule has 0 saturated carbocycles. The number of rotatable bonds is 3. The zero-order valence-corrected chi connectivity index (χ0v) is 12.0. The second kappa shape index (κ2) is 5.47. The highest BCUT2D eigenvalue weighted by Gasteiger charge is 2.21. The molecule has 0 amide bonds. The van der Waals surface area contributed by atoms with E-state index in [9.17, 15) is 0 Å². The summed E-state index contributed by atoms with van der Waals surface area (Å²) in [6.45, 7) is 5.78. The zero-order chi connectivity index (χ0) is 13.2. The largest absolute Gasteiger partial charge is 0.303 e. The van der Waals surface area contributed by atoms with E-state index in [1.165, 1.54) is 25.9 Å². The van der Waals surface area contributed by atoms with Gasteiger partial charge in [0.05, 0.1) is 5.02 Å². The summed E-state index contributed by atoms with van der Waals surface area (Å²) in [7, 11) is 0. The normalized spacial score (nSPS) is 21.1. The molecule has 1 atom stereocenters. The van der Waals surface area contributed by atoms with Gasteiger partial charge in [0.1, 0.15) is 5.82 Å². The number of hydrogen-bond donors (Lipinski definition) is 0. The van der Waals surface area contributed by atoms with Crippen LogP contribution in [-0.4, -0.2) is 39.1 Å². The number of nitrogens with zero attached hydrogens (tertiary/aromatic N) is 4. The predicted octanol–water partition coefficient (Wildman–Crippen LogP) is 2.66. The van der Waals surface area contributed by atoms with E-state index in [4.69, 9.17) is 11.6 Å². The summed E-state index contributed by atoms with van der Waals surface area (Å²) in [6.07, 6.45) is 5.55.